The van der Waals surface area contributed by atoms with E-state index in [4.69, 9.17) is 9.97 Å². The minimum absolute atomic E-state index is 0.126. The molecular formula is C27H24N3+. The summed E-state index contributed by atoms with van der Waals surface area (Å²) in [4.78, 5) is 9.59. The molecule has 2 aromatic carbocycles. The van der Waals surface area contributed by atoms with Crippen LogP contribution < -0.4 is 4.57 Å². The highest BCUT2D eigenvalue weighted by molar-refractivity contribution is 5.67. The molecule has 0 fully saturated rings. The van der Waals surface area contributed by atoms with E-state index in [1.165, 1.54) is 50.3 Å². The highest BCUT2D eigenvalue weighted by Gasteiger charge is 2.48. The van der Waals surface area contributed by atoms with Crippen molar-refractivity contribution < 1.29 is 4.57 Å². The smallest absolute Gasteiger partial charge is 0.212 e. The molecule has 4 aromatic rings. The van der Waals surface area contributed by atoms with Gasteiger partial charge in [0.2, 0.25) is 5.69 Å². The standard InChI is InChI=1S/C27H24N3/c1-15-13-16(2)17(3)21(14-15)22-10-9-20-23-18-7-5-6-8-19(18)24(27(20)30(22)4)26-25(23)28-11-12-29-26/h5-14,23-24H,1-4H3/q+1. The van der Waals surface area contributed by atoms with Crippen LogP contribution in [0, 0.1) is 20.8 Å². The van der Waals surface area contributed by atoms with Gasteiger partial charge in [0, 0.05) is 29.6 Å². The van der Waals surface area contributed by atoms with Crippen molar-refractivity contribution in [2.75, 3.05) is 0 Å². The van der Waals surface area contributed by atoms with Crippen LogP contribution in [0.1, 0.15) is 62.3 Å². The van der Waals surface area contributed by atoms with Crippen LogP contribution in [0.5, 0.6) is 0 Å². The second kappa shape index (κ2) is 6.09. The predicted octanol–water partition coefficient (Wildman–Crippen LogP) is 4.88. The third-order valence-electron chi connectivity index (χ3n) is 7.03. The Bertz CT molecular complexity index is 1310. The summed E-state index contributed by atoms with van der Waals surface area (Å²) in [5.41, 5.74) is 14.2. The van der Waals surface area contributed by atoms with E-state index in [0.29, 0.717) is 0 Å². The fourth-order valence-electron chi connectivity index (χ4n) is 5.60. The van der Waals surface area contributed by atoms with Crippen LogP contribution in [0.2, 0.25) is 0 Å². The van der Waals surface area contributed by atoms with Crippen LogP contribution >= 0.6 is 0 Å². The Labute approximate surface area is 177 Å². The van der Waals surface area contributed by atoms with E-state index in [1.54, 1.807) is 0 Å². The number of benzene rings is 2. The molecule has 2 heterocycles. The molecule has 3 aliphatic rings. The van der Waals surface area contributed by atoms with Crippen LogP contribution in [0.3, 0.4) is 0 Å². The number of aromatic nitrogens is 3. The number of hydrogen-bond donors (Lipinski definition) is 0. The third-order valence-corrected chi connectivity index (χ3v) is 7.03. The molecule has 2 bridgehead atoms. The molecule has 0 spiro atoms. The minimum Gasteiger partial charge on any atom is -0.257 e. The average molecular weight is 391 g/mol. The van der Waals surface area contributed by atoms with Crippen molar-refractivity contribution in [3.05, 3.63) is 111 Å². The number of pyridine rings is 1. The maximum atomic E-state index is 4.81. The van der Waals surface area contributed by atoms with Crippen LogP contribution in [0.25, 0.3) is 11.3 Å². The van der Waals surface area contributed by atoms with E-state index in [9.17, 15) is 0 Å². The third kappa shape index (κ3) is 2.18. The lowest BCUT2D eigenvalue weighted by Gasteiger charge is -2.37. The Morgan fingerprint density at radius 3 is 2.17 bits per heavy atom. The van der Waals surface area contributed by atoms with Gasteiger partial charge in [-0.3, -0.25) is 9.97 Å². The Morgan fingerprint density at radius 2 is 1.43 bits per heavy atom. The van der Waals surface area contributed by atoms with Gasteiger partial charge in [-0.2, -0.15) is 4.57 Å². The molecule has 0 radical (unpaired) electrons. The Hall–Kier alpha value is -3.33. The molecule has 3 nitrogen and oxygen atoms in total. The zero-order valence-corrected chi connectivity index (χ0v) is 17.8. The van der Waals surface area contributed by atoms with E-state index in [1.807, 2.05) is 12.4 Å². The summed E-state index contributed by atoms with van der Waals surface area (Å²) in [5, 5.41) is 0. The molecule has 7 rings (SSSR count). The van der Waals surface area contributed by atoms with Crippen LogP contribution in [-0.4, -0.2) is 9.97 Å². The average Bonchev–Trinajstić information content (AvgIpc) is 2.76. The monoisotopic (exact) mass is 390 g/mol. The van der Waals surface area contributed by atoms with E-state index in [0.717, 1.165) is 11.4 Å². The van der Waals surface area contributed by atoms with Crippen molar-refractivity contribution >= 4 is 0 Å². The fourth-order valence-corrected chi connectivity index (χ4v) is 5.60. The van der Waals surface area contributed by atoms with Gasteiger partial charge in [0.05, 0.1) is 17.3 Å². The van der Waals surface area contributed by atoms with E-state index >= 15 is 0 Å². The van der Waals surface area contributed by atoms with Crippen molar-refractivity contribution in [3.8, 4) is 11.3 Å². The molecule has 0 saturated carbocycles. The summed E-state index contributed by atoms with van der Waals surface area (Å²) in [6, 6.07) is 18.0. The van der Waals surface area contributed by atoms with Gasteiger partial charge in [-0.05, 0) is 55.2 Å². The molecule has 146 valence electrons. The molecule has 2 unspecified atom stereocenters. The van der Waals surface area contributed by atoms with Crippen LogP contribution in [0.4, 0.5) is 0 Å². The first kappa shape index (κ1) is 17.5. The summed E-state index contributed by atoms with van der Waals surface area (Å²) >= 11 is 0. The number of nitrogens with zero attached hydrogens (tertiary/aromatic N) is 3. The van der Waals surface area contributed by atoms with Gasteiger partial charge in [-0.15, -0.1) is 0 Å². The molecule has 2 atom stereocenters. The van der Waals surface area contributed by atoms with Gasteiger partial charge in [-0.1, -0.05) is 35.9 Å². The molecule has 2 aromatic heterocycles. The lowest BCUT2D eigenvalue weighted by molar-refractivity contribution is -0.669. The van der Waals surface area contributed by atoms with Crippen molar-refractivity contribution in [3.63, 3.8) is 0 Å². The Morgan fingerprint density at radius 1 is 0.767 bits per heavy atom. The van der Waals surface area contributed by atoms with Crippen molar-refractivity contribution in [2.45, 2.75) is 32.6 Å². The molecular weight excluding hydrogens is 366 g/mol. The Kier molecular flexibility index (Phi) is 3.55. The summed E-state index contributed by atoms with van der Waals surface area (Å²) in [5.74, 6) is 0.284. The van der Waals surface area contributed by atoms with E-state index in [2.05, 4.69) is 80.9 Å². The van der Waals surface area contributed by atoms with E-state index in [-0.39, 0.29) is 11.8 Å². The summed E-state index contributed by atoms with van der Waals surface area (Å²) in [6.07, 6.45) is 3.66. The normalized spacial score (nSPS) is 18.0. The molecule has 0 N–H and O–H groups in total. The van der Waals surface area contributed by atoms with E-state index < -0.39 is 0 Å². The SMILES string of the molecule is Cc1cc(C)c(C)c(-c2ccc3c([n+]2C)C2c4ccccc4C3c3nccnc32)c1. The predicted molar refractivity (Wildman–Crippen MR) is 118 cm³/mol. The first-order valence-corrected chi connectivity index (χ1v) is 10.6. The maximum Gasteiger partial charge on any atom is 0.212 e. The number of rotatable bonds is 1. The zero-order valence-electron chi connectivity index (χ0n) is 17.8. The highest BCUT2D eigenvalue weighted by Crippen LogP contribution is 2.53. The summed E-state index contributed by atoms with van der Waals surface area (Å²) < 4.78 is 2.40. The number of aryl methyl sites for hydroxylation is 2. The molecule has 3 aliphatic carbocycles. The van der Waals surface area contributed by atoms with Gasteiger partial charge < -0.3 is 0 Å². The van der Waals surface area contributed by atoms with Crippen molar-refractivity contribution in [1.29, 1.82) is 0 Å². The van der Waals surface area contributed by atoms with Gasteiger partial charge in [0.25, 0.3) is 0 Å². The first-order chi connectivity index (χ1) is 14.6. The summed E-state index contributed by atoms with van der Waals surface area (Å²) in [7, 11) is 2.21. The molecule has 0 amide bonds. The van der Waals surface area contributed by atoms with Gasteiger partial charge in [-0.25, -0.2) is 0 Å². The number of hydrogen-bond acceptors (Lipinski definition) is 2. The van der Waals surface area contributed by atoms with Gasteiger partial charge >= 0.3 is 0 Å². The second-order valence-electron chi connectivity index (χ2n) is 8.69. The minimum atomic E-state index is 0.126. The highest BCUT2D eigenvalue weighted by atomic mass is 15.0. The van der Waals surface area contributed by atoms with Crippen LogP contribution in [0.15, 0.2) is 60.9 Å². The molecule has 0 saturated heterocycles. The second-order valence-corrected chi connectivity index (χ2v) is 8.69. The van der Waals surface area contributed by atoms with Crippen LogP contribution in [-0.2, 0) is 7.05 Å². The molecule has 30 heavy (non-hydrogen) atoms. The van der Waals surface area contributed by atoms with Gasteiger partial charge in [0.15, 0.2) is 5.69 Å². The topological polar surface area (TPSA) is 29.7 Å². The van der Waals surface area contributed by atoms with Gasteiger partial charge in [0.1, 0.15) is 13.0 Å². The molecule has 3 heteroatoms. The molecule has 0 aliphatic heterocycles. The first-order valence-electron chi connectivity index (χ1n) is 10.6. The Balaban J connectivity index is 1.66. The quantitative estimate of drug-likeness (QED) is 0.375. The zero-order chi connectivity index (χ0) is 20.6. The largest absolute Gasteiger partial charge is 0.257 e. The van der Waals surface area contributed by atoms with Crippen molar-refractivity contribution in [1.82, 2.24) is 9.97 Å². The van der Waals surface area contributed by atoms with Crippen molar-refractivity contribution in [2.24, 2.45) is 7.05 Å². The fraction of sp³-hybridized carbons (Fsp3) is 0.222. The lowest BCUT2D eigenvalue weighted by Crippen LogP contribution is -2.44. The lowest BCUT2D eigenvalue weighted by atomic mass is 9.65. The summed E-state index contributed by atoms with van der Waals surface area (Å²) in [6.45, 7) is 6.61. The maximum absolute atomic E-state index is 4.81.